The fourth-order valence-corrected chi connectivity index (χ4v) is 5.20. The van der Waals surface area contributed by atoms with Crippen LogP contribution in [0.4, 0.5) is 0 Å². The third-order valence-corrected chi connectivity index (χ3v) is 7.96. The summed E-state index contributed by atoms with van der Waals surface area (Å²) in [6, 6.07) is 0. The molecular weight excluding hydrogens is 580 g/mol. The van der Waals surface area contributed by atoms with Gasteiger partial charge in [0.05, 0.1) is 48.6 Å². The van der Waals surface area contributed by atoms with E-state index in [4.69, 9.17) is 4.74 Å². The number of carbonyl (C=O) groups is 1. The number of aliphatic hydroxyl groups excluding tert-OH is 8. The van der Waals surface area contributed by atoms with Gasteiger partial charge in [-0.3, -0.25) is 4.79 Å². The Morgan fingerprint density at radius 1 is 0.667 bits per heavy atom. The molecule has 0 unspecified atom stereocenters. The van der Waals surface area contributed by atoms with Gasteiger partial charge in [-0.1, -0.05) is 87.3 Å². The average Bonchev–Trinajstić information content (AvgIpc) is 2.94. The molecule has 1 aliphatic rings. The first-order valence-electron chi connectivity index (χ1n) is 16.3. The number of hydrogen-bond acceptors (Lipinski definition) is 10. The minimum atomic E-state index is -1.25. The summed E-state index contributed by atoms with van der Waals surface area (Å²) < 4.78 is 5.51. The third-order valence-electron chi connectivity index (χ3n) is 7.96. The highest BCUT2D eigenvalue weighted by molar-refractivity contribution is 5.73. The van der Waals surface area contributed by atoms with Gasteiger partial charge in [-0.25, -0.2) is 0 Å². The molecule has 0 spiro atoms. The lowest BCUT2D eigenvalue weighted by molar-refractivity contribution is -0.162. The summed E-state index contributed by atoms with van der Waals surface area (Å²) in [6.45, 7) is 5.34. The summed E-state index contributed by atoms with van der Waals surface area (Å²) in [6.07, 6.45) is 8.77. The highest BCUT2D eigenvalue weighted by Crippen LogP contribution is 2.23. The summed E-state index contributed by atoms with van der Waals surface area (Å²) in [5.41, 5.74) is 0.623. The molecule has 0 bridgehead atoms. The van der Waals surface area contributed by atoms with Gasteiger partial charge in [-0.2, -0.15) is 0 Å². The molecule has 0 saturated heterocycles. The van der Waals surface area contributed by atoms with Crippen molar-refractivity contribution in [2.75, 3.05) is 0 Å². The van der Waals surface area contributed by atoms with E-state index >= 15 is 0 Å². The molecule has 10 nitrogen and oxygen atoms in total. The summed E-state index contributed by atoms with van der Waals surface area (Å²) in [5.74, 6) is -1.60. The second kappa shape index (κ2) is 23.2. The zero-order chi connectivity index (χ0) is 33.8. The van der Waals surface area contributed by atoms with Gasteiger partial charge >= 0.3 is 5.97 Å². The molecule has 0 aromatic rings. The fraction of sp³-hybridized carbons (Fsp3) is 0.686. The molecule has 0 fully saturated rings. The molecule has 0 aromatic carbocycles. The quantitative estimate of drug-likeness (QED) is 0.164. The zero-order valence-electron chi connectivity index (χ0n) is 27.1. The van der Waals surface area contributed by atoms with Crippen LogP contribution in [0.2, 0.25) is 0 Å². The standard InChI is InChI=1S/C35H58O10/c1-4-5-6-13-16-31-34(43)23-30(40)21-28(38)19-26(36)18-27(37)20-29(39)22-33(42)24(2)15-12-10-8-7-9-11-14-17-32(41)25(3)45-35(31)44/h7-12,14-15,17,25-34,36-43H,4-6,13,16,18-23H2,1-3H3/b8-7+,11-9+,12-10+,17-14+,24-15+/t25-,26+,27-,28+,29+,30+,31+,32+,33+,34-/m1/s1. The molecule has 1 heterocycles. The normalized spacial score (nSPS) is 38.5. The average molecular weight is 639 g/mol. The Labute approximate surface area is 268 Å². The van der Waals surface area contributed by atoms with Gasteiger partial charge in [0.15, 0.2) is 0 Å². The van der Waals surface area contributed by atoms with Crippen LogP contribution in [0.15, 0.2) is 60.3 Å². The Balaban J connectivity index is 3.08. The van der Waals surface area contributed by atoms with E-state index in [0.717, 1.165) is 19.3 Å². The van der Waals surface area contributed by atoms with Crippen LogP contribution in [0.25, 0.3) is 0 Å². The van der Waals surface area contributed by atoms with Gasteiger partial charge in [0.2, 0.25) is 0 Å². The Morgan fingerprint density at radius 2 is 1.16 bits per heavy atom. The van der Waals surface area contributed by atoms with Crippen LogP contribution in [-0.4, -0.2) is 102 Å². The van der Waals surface area contributed by atoms with E-state index in [1.165, 1.54) is 6.08 Å². The molecule has 10 heteroatoms. The minimum absolute atomic E-state index is 0.00297. The minimum Gasteiger partial charge on any atom is -0.459 e. The first-order valence-corrected chi connectivity index (χ1v) is 16.3. The Morgan fingerprint density at radius 3 is 1.71 bits per heavy atom. The number of carbonyl (C=O) groups excluding carboxylic acids is 1. The number of rotatable bonds is 5. The number of aliphatic hydroxyl groups is 8. The fourth-order valence-electron chi connectivity index (χ4n) is 5.20. The number of allylic oxidation sites excluding steroid dienone is 8. The Kier molecular flexibility index (Phi) is 21.1. The van der Waals surface area contributed by atoms with E-state index in [1.54, 1.807) is 62.5 Å². The van der Waals surface area contributed by atoms with E-state index in [-0.39, 0.29) is 38.5 Å². The van der Waals surface area contributed by atoms with Crippen molar-refractivity contribution in [1.82, 2.24) is 0 Å². The third kappa shape index (κ3) is 18.6. The number of cyclic esters (lactones) is 1. The van der Waals surface area contributed by atoms with Crippen LogP contribution in [0.5, 0.6) is 0 Å². The predicted molar refractivity (Wildman–Crippen MR) is 174 cm³/mol. The van der Waals surface area contributed by atoms with Crippen molar-refractivity contribution in [3.63, 3.8) is 0 Å². The van der Waals surface area contributed by atoms with Crippen molar-refractivity contribution in [2.45, 2.75) is 146 Å². The van der Waals surface area contributed by atoms with Crippen molar-refractivity contribution in [3.8, 4) is 0 Å². The van der Waals surface area contributed by atoms with Gasteiger partial charge in [0.1, 0.15) is 12.2 Å². The molecule has 0 aliphatic carbocycles. The molecule has 1 rings (SSSR count). The van der Waals surface area contributed by atoms with Crippen LogP contribution >= 0.6 is 0 Å². The van der Waals surface area contributed by atoms with Crippen molar-refractivity contribution in [2.24, 2.45) is 5.92 Å². The molecule has 45 heavy (non-hydrogen) atoms. The van der Waals surface area contributed by atoms with E-state index in [0.29, 0.717) is 18.4 Å². The summed E-state index contributed by atoms with van der Waals surface area (Å²) in [5, 5.41) is 83.9. The van der Waals surface area contributed by atoms with Crippen molar-refractivity contribution in [3.05, 3.63) is 60.3 Å². The number of hydrogen-bond donors (Lipinski definition) is 8. The lowest BCUT2D eigenvalue weighted by Gasteiger charge is -2.27. The number of unbranched alkanes of at least 4 members (excludes halogenated alkanes) is 3. The highest BCUT2D eigenvalue weighted by atomic mass is 16.6. The first kappa shape index (κ1) is 40.9. The maximum Gasteiger partial charge on any atom is 0.311 e. The maximum absolute atomic E-state index is 13.1. The molecule has 0 radical (unpaired) electrons. The van der Waals surface area contributed by atoms with E-state index in [9.17, 15) is 45.6 Å². The van der Waals surface area contributed by atoms with Crippen molar-refractivity contribution >= 4 is 5.97 Å². The molecule has 1 aliphatic heterocycles. The largest absolute Gasteiger partial charge is 0.459 e. The smallest absolute Gasteiger partial charge is 0.311 e. The summed E-state index contributed by atoms with van der Waals surface area (Å²) >= 11 is 0. The van der Waals surface area contributed by atoms with Gasteiger partial charge in [-0.05, 0) is 51.5 Å². The second-order valence-electron chi connectivity index (χ2n) is 12.3. The zero-order valence-corrected chi connectivity index (χ0v) is 27.1. The first-order chi connectivity index (χ1) is 21.3. The predicted octanol–water partition coefficient (Wildman–Crippen LogP) is 2.92. The van der Waals surface area contributed by atoms with Gasteiger partial charge < -0.3 is 45.6 Å². The van der Waals surface area contributed by atoms with Crippen molar-refractivity contribution < 1.29 is 50.4 Å². The van der Waals surface area contributed by atoms with Crippen LogP contribution in [0, 0.1) is 5.92 Å². The van der Waals surface area contributed by atoms with Crippen LogP contribution in [0.3, 0.4) is 0 Å². The second-order valence-corrected chi connectivity index (χ2v) is 12.3. The van der Waals surface area contributed by atoms with Crippen LogP contribution in [-0.2, 0) is 9.53 Å². The van der Waals surface area contributed by atoms with E-state index in [2.05, 4.69) is 6.92 Å². The number of esters is 1. The summed E-state index contributed by atoms with van der Waals surface area (Å²) in [4.78, 5) is 13.1. The maximum atomic E-state index is 13.1. The SMILES string of the molecule is CCCCCC[C@@H]1C(=O)O[C@H](C)[C@@H](O)/C=C/C=C/C=C/C=C/C=C(\C)[C@@H](O)C[C@@H](O)C[C@H](O)C[C@H](O)C[C@H](O)C[C@H](O)C[C@H]1O. The molecule has 0 aromatic heterocycles. The molecular formula is C35H58O10. The molecule has 258 valence electrons. The van der Waals surface area contributed by atoms with E-state index < -0.39 is 66.8 Å². The Hall–Kier alpha value is -2.15. The van der Waals surface area contributed by atoms with Gasteiger partial charge in [0.25, 0.3) is 0 Å². The Bertz CT molecular complexity index is 958. The summed E-state index contributed by atoms with van der Waals surface area (Å²) in [7, 11) is 0. The topological polar surface area (TPSA) is 188 Å². The highest BCUT2D eigenvalue weighted by Gasteiger charge is 2.32. The lowest BCUT2D eigenvalue weighted by Crippen LogP contribution is -2.37. The monoisotopic (exact) mass is 638 g/mol. The molecule has 0 saturated carbocycles. The molecule has 0 amide bonds. The van der Waals surface area contributed by atoms with Crippen LogP contribution in [0.1, 0.15) is 91.4 Å². The van der Waals surface area contributed by atoms with Gasteiger partial charge in [0, 0.05) is 12.8 Å². The van der Waals surface area contributed by atoms with Crippen molar-refractivity contribution in [1.29, 1.82) is 0 Å². The molecule has 10 atom stereocenters. The van der Waals surface area contributed by atoms with E-state index in [1.807, 2.05) is 0 Å². The van der Waals surface area contributed by atoms with Crippen LogP contribution < -0.4 is 0 Å². The lowest BCUT2D eigenvalue weighted by atomic mass is 9.90. The van der Waals surface area contributed by atoms with Gasteiger partial charge in [-0.15, -0.1) is 0 Å². The number of ether oxygens (including phenoxy) is 1. The molecule has 8 N–H and O–H groups in total.